The highest BCUT2D eigenvalue weighted by Crippen LogP contribution is 2.43. The Morgan fingerprint density at radius 2 is 1.90 bits per heavy atom. The van der Waals surface area contributed by atoms with Crippen molar-refractivity contribution < 1.29 is 14.2 Å². The maximum atomic E-state index is 5.55. The molecule has 1 aliphatic rings. The van der Waals surface area contributed by atoms with Gasteiger partial charge < -0.3 is 19.5 Å². The van der Waals surface area contributed by atoms with Crippen molar-refractivity contribution in [3.05, 3.63) is 16.1 Å². The first-order valence-corrected chi connectivity index (χ1v) is 7.71. The summed E-state index contributed by atoms with van der Waals surface area (Å²) in [5.74, 6) is 2.32. The summed E-state index contributed by atoms with van der Waals surface area (Å²) in [6.07, 6.45) is 4.59. The van der Waals surface area contributed by atoms with Gasteiger partial charge in [0.05, 0.1) is 25.8 Å². The lowest BCUT2D eigenvalue weighted by atomic mass is 9.96. The highest BCUT2D eigenvalue weighted by molar-refractivity contribution is 9.10. The largest absolute Gasteiger partial charge is 0.495 e. The van der Waals surface area contributed by atoms with Crippen LogP contribution in [0.25, 0.3) is 0 Å². The van der Waals surface area contributed by atoms with Crippen LogP contribution in [0.4, 0.5) is 0 Å². The minimum Gasteiger partial charge on any atom is -0.495 e. The Labute approximate surface area is 128 Å². The van der Waals surface area contributed by atoms with Crippen molar-refractivity contribution in [1.29, 1.82) is 0 Å². The Morgan fingerprint density at radius 3 is 2.45 bits per heavy atom. The summed E-state index contributed by atoms with van der Waals surface area (Å²) in [6.45, 7) is 1.08. The van der Waals surface area contributed by atoms with Crippen molar-refractivity contribution in [1.82, 2.24) is 5.32 Å². The fourth-order valence-corrected chi connectivity index (χ4v) is 3.38. The Bertz CT molecular complexity index is 459. The van der Waals surface area contributed by atoms with Crippen LogP contribution in [0.5, 0.6) is 17.2 Å². The molecule has 5 heteroatoms. The Morgan fingerprint density at radius 1 is 1.15 bits per heavy atom. The van der Waals surface area contributed by atoms with E-state index in [-0.39, 0.29) is 0 Å². The van der Waals surface area contributed by atoms with E-state index in [1.54, 1.807) is 21.3 Å². The molecule has 1 heterocycles. The molecule has 0 saturated carbocycles. The van der Waals surface area contributed by atoms with E-state index in [4.69, 9.17) is 14.2 Å². The zero-order valence-corrected chi connectivity index (χ0v) is 13.9. The fourth-order valence-electron chi connectivity index (χ4n) is 2.77. The molecular weight excluding hydrogens is 322 g/mol. The Kier molecular flexibility index (Phi) is 5.54. The van der Waals surface area contributed by atoms with Crippen LogP contribution in [-0.4, -0.2) is 33.9 Å². The number of benzene rings is 1. The fraction of sp³-hybridized carbons (Fsp3) is 0.600. The average molecular weight is 344 g/mol. The molecule has 1 N–H and O–H groups in total. The van der Waals surface area contributed by atoms with Gasteiger partial charge in [0.25, 0.3) is 0 Å². The van der Waals surface area contributed by atoms with Gasteiger partial charge in [-0.25, -0.2) is 0 Å². The number of nitrogens with one attached hydrogen (secondary N) is 1. The van der Waals surface area contributed by atoms with E-state index < -0.39 is 0 Å². The van der Waals surface area contributed by atoms with Crippen molar-refractivity contribution >= 4 is 15.9 Å². The van der Waals surface area contributed by atoms with Gasteiger partial charge in [0.1, 0.15) is 5.75 Å². The van der Waals surface area contributed by atoms with Gasteiger partial charge in [-0.1, -0.05) is 6.42 Å². The average Bonchev–Trinajstić information content (AvgIpc) is 2.48. The summed E-state index contributed by atoms with van der Waals surface area (Å²) in [5.41, 5.74) is 1.06. The second-order valence-electron chi connectivity index (χ2n) is 4.96. The van der Waals surface area contributed by atoms with Gasteiger partial charge in [0.15, 0.2) is 11.5 Å². The molecule has 1 saturated heterocycles. The van der Waals surface area contributed by atoms with Gasteiger partial charge in [-0.05, 0) is 41.7 Å². The third-order valence-corrected chi connectivity index (χ3v) is 4.33. The predicted molar refractivity (Wildman–Crippen MR) is 83.1 cm³/mol. The highest BCUT2D eigenvalue weighted by atomic mass is 79.9. The second-order valence-corrected chi connectivity index (χ2v) is 5.81. The molecule has 1 unspecified atom stereocenters. The summed E-state index contributed by atoms with van der Waals surface area (Å²) in [4.78, 5) is 0. The third-order valence-electron chi connectivity index (χ3n) is 3.74. The standard InChI is InChI=1S/C15H22BrNO3/c1-18-13-9-12(16)14(19-2)11(15(13)20-3)8-10-6-4-5-7-17-10/h9-10,17H,4-8H2,1-3H3. The van der Waals surface area contributed by atoms with Gasteiger partial charge in [-0.3, -0.25) is 0 Å². The molecule has 0 bridgehead atoms. The van der Waals surface area contributed by atoms with E-state index in [0.717, 1.165) is 40.3 Å². The van der Waals surface area contributed by atoms with Crippen molar-refractivity contribution in [3.63, 3.8) is 0 Å². The van der Waals surface area contributed by atoms with Gasteiger partial charge in [-0.15, -0.1) is 0 Å². The molecule has 0 radical (unpaired) electrons. The van der Waals surface area contributed by atoms with E-state index in [0.29, 0.717) is 6.04 Å². The lowest BCUT2D eigenvalue weighted by molar-refractivity contribution is 0.334. The number of methoxy groups -OCH3 is 3. The second kappa shape index (κ2) is 7.18. The molecule has 1 aromatic carbocycles. The zero-order chi connectivity index (χ0) is 14.5. The number of halogens is 1. The number of hydrogen-bond donors (Lipinski definition) is 1. The first kappa shape index (κ1) is 15.4. The maximum Gasteiger partial charge on any atom is 0.167 e. The molecule has 20 heavy (non-hydrogen) atoms. The highest BCUT2D eigenvalue weighted by Gasteiger charge is 2.23. The van der Waals surface area contributed by atoms with Crippen LogP contribution in [0, 0.1) is 0 Å². The molecule has 0 aromatic heterocycles. The van der Waals surface area contributed by atoms with Crippen LogP contribution in [0.15, 0.2) is 10.5 Å². The maximum absolute atomic E-state index is 5.55. The smallest absolute Gasteiger partial charge is 0.167 e. The van der Waals surface area contributed by atoms with Gasteiger partial charge in [-0.2, -0.15) is 0 Å². The molecule has 112 valence electrons. The summed E-state index contributed by atoms with van der Waals surface area (Å²) in [7, 11) is 5.01. The molecule has 0 amide bonds. The Hall–Kier alpha value is -0.940. The van der Waals surface area contributed by atoms with E-state index >= 15 is 0 Å². The first-order valence-electron chi connectivity index (χ1n) is 6.92. The normalized spacial score (nSPS) is 18.7. The molecule has 1 aromatic rings. The molecule has 2 rings (SSSR count). The number of ether oxygens (including phenoxy) is 3. The van der Waals surface area contributed by atoms with Crippen molar-refractivity contribution in [2.45, 2.75) is 31.7 Å². The van der Waals surface area contributed by atoms with Crippen LogP contribution in [0.1, 0.15) is 24.8 Å². The molecule has 0 aliphatic carbocycles. The quantitative estimate of drug-likeness (QED) is 0.891. The summed E-state index contributed by atoms with van der Waals surface area (Å²) >= 11 is 3.55. The van der Waals surface area contributed by atoms with E-state index in [1.165, 1.54) is 19.3 Å². The zero-order valence-electron chi connectivity index (χ0n) is 12.3. The Balaban J connectivity index is 2.38. The molecule has 1 aliphatic heterocycles. The minimum absolute atomic E-state index is 0.463. The van der Waals surface area contributed by atoms with Crippen LogP contribution in [0.3, 0.4) is 0 Å². The number of piperidine rings is 1. The lowest BCUT2D eigenvalue weighted by Gasteiger charge is -2.26. The molecule has 1 atom stereocenters. The summed E-state index contributed by atoms with van der Waals surface area (Å²) < 4.78 is 17.4. The van der Waals surface area contributed by atoms with Gasteiger partial charge in [0, 0.05) is 17.7 Å². The van der Waals surface area contributed by atoms with Crippen molar-refractivity contribution in [2.24, 2.45) is 0 Å². The van der Waals surface area contributed by atoms with E-state index in [1.807, 2.05) is 6.07 Å². The predicted octanol–water partition coefficient (Wildman–Crippen LogP) is 3.16. The van der Waals surface area contributed by atoms with E-state index in [2.05, 4.69) is 21.2 Å². The molecule has 1 fully saturated rings. The first-order chi connectivity index (χ1) is 9.71. The van der Waals surface area contributed by atoms with Crippen LogP contribution < -0.4 is 19.5 Å². The van der Waals surface area contributed by atoms with Gasteiger partial charge in [0.2, 0.25) is 0 Å². The molecular formula is C15H22BrNO3. The van der Waals surface area contributed by atoms with Crippen LogP contribution >= 0.6 is 15.9 Å². The molecule has 0 spiro atoms. The van der Waals surface area contributed by atoms with Gasteiger partial charge >= 0.3 is 0 Å². The third kappa shape index (κ3) is 3.20. The minimum atomic E-state index is 0.463. The monoisotopic (exact) mass is 343 g/mol. The summed E-state index contributed by atoms with van der Waals surface area (Å²) in [6, 6.07) is 2.35. The van der Waals surface area contributed by atoms with E-state index in [9.17, 15) is 0 Å². The van der Waals surface area contributed by atoms with Crippen LogP contribution in [-0.2, 0) is 6.42 Å². The molecule has 4 nitrogen and oxygen atoms in total. The van der Waals surface area contributed by atoms with Crippen molar-refractivity contribution in [3.8, 4) is 17.2 Å². The van der Waals surface area contributed by atoms with Crippen LogP contribution in [0.2, 0.25) is 0 Å². The summed E-state index contributed by atoms with van der Waals surface area (Å²) in [5, 5.41) is 3.56. The SMILES string of the molecule is COc1cc(Br)c(OC)c(CC2CCCCN2)c1OC. The number of rotatable bonds is 5. The lowest BCUT2D eigenvalue weighted by Crippen LogP contribution is -2.35. The van der Waals surface area contributed by atoms with Crippen molar-refractivity contribution in [2.75, 3.05) is 27.9 Å². The topological polar surface area (TPSA) is 39.7 Å². The number of hydrogen-bond acceptors (Lipinski definition) is 4.